The summed E-state index contributed by atoms with van der Waals surface area (Å²) in [5.41, 5.74) is 4.09. The summed E-state index contributed by atoms with van der Waals surface area (Å²) in [5, 5.41) is 12.8. The number of aliphatic carboxylic acids is 1. The first-order valence-corrected chi connectivity index (χ1v) is 11.9. The Bertz CT molecular complexity index is 944. The van der Waals surface area contributed by atoms with E-state index in [0.29, 0.717) is 15.9 Å². The number of halogens is 2. The first kappa shape index (κ1) is 23.6. The van der Waals surface area contributed by atoms with E-state index in [4.69, 9.17) is 37.8 Å². The maximum absolute atomic E-state index is 11.9. The molecule has 2 N–H and O–H groups in total. The number of hydrogen-bond acceptors (Lipinski definition) is 7. The fourth-order valence-electron chi connectivity index (χ4n) is 2.56. The van der Waals surface area contributed by atoms with E-state index < -0.39 is 18.5 Å². The number of nitrogens with one attached hydrogen (secondary N) is 1. The van der Waals surface area contributed by atoms with Crippen molar-refractivity contribution in [2.24, 2.45) is 5.10 Å². The molecule has 0 atom stereocenters. The summed E-state index contributed by atoms with van der Waals surface area (Å²) in [6.07, 6.45) is 1.35. The van der Waals surface area contributed by atoms with Crippen molar-refractivity contribution in [1.29, 1.82) is 0 Å². The van der Waals surface area contributed by atoms with Crippen LogP contribution in [0, 0.1) is 0 Å². The van der Waals surface area contributed by atoms with E-state index in [0.717, 1.165) is 11.5 Å². The number of carboxylic acid groups (broad SMARTS) is 1. The van der Waals surface area contributed by atoms with Crippen LogP contribution in [-0.4, -0.2) is 47.9 Å². The first-order valence-electron chi connectivity index (χ1n) is 9.04. The quantitative estimate of drug-likeness (QED) is 0.387. The standard InChI is InChI=1S/C20H18Cl2N2O5S2/c21-15-7-12(8-16(22)19(15)29-11-18(26)27)9-23-24-17(25)10-28-14-3-1-13(2-4-14)20-30-5-6-31-20/h1-4,7-9,20H,5-6,10-11H2,(H,24,25)(H,26,27)/b23-9-. The lowest BCUT2D eigenvalue weighted by molar-refractivity contribution is -0.139. The normalized spacial score (nSPS) is 14.0. The summed E-state index contributed by atoms with van der Waals surface area (Å²) in [6.45, 7) is -0.753. The van der Waals surface area contributed by atoms with Crippen molar-refractivity contribution in [2.45, 2.75) is 4.58 Å². The third-order valence-corrected chi connectivity index (χ3v) is 7.57. The molecule has 1 aliphatic rings. The molecule has 164 valence electrons. The van der Waals surface area contributed by atoms with E-state index in [1.54, 1.807) is 0 Å². The Morgan fingerprint density at radius 1 is 1.10 bits per heavy atom. The number of carbonyl (C=O) groups is 2. The van der Waals surface area contributed by atoms with Crippen molar-refractivity contribution < 1.29 is 24.2 Å². The highest BCUT2D eigenvalue weighted by molar-refractivity contribution is 8.19. The Morgan fingerprint density at radius 3 is 2.35 bits per heavy atom. The fourth-order valence-corrected chi connectivity index (χ4v) is 6.03. The van der Waals surface area contributed by atoms with Crippen LogP contribution in [0.25, 0.3) is 0 Å². The molecule has 2 aromatic carbocycles. The Hall–Kier alpha value is -2.07. The predicted octanol–water partition coefficient (Wildman–Crippen LogP) is 4.46. The molecule has 3 rings (SSSR count). The van der Waals surface area contributed by atoms with Gasteiger partial charge in [-0.3, -0.25) is 4.79 Å². The number of carbonyl (C=O) groups excluding carboxylic acids is 1. The van der Waals surface area contributed by atoms with E-state index >= 15 is 0 Å². The lowest BCUT2D eigenvalue weighted by Gasteiger charge is -2.10. The maximum atomic E-state index is 11.9. The zero-order valence-electron chi connectivity index (χ0n) is 16.0. The van der Waals surface area contributed by atoms with E-state index in [9.17, 15) is 9.59 Å². The Morgan fingerprint density at radius 2 is 1.74 bits per heavy atom. The lowest BCUT2D eigenvalue weighted by Crippen LogP contribution is -2.24. The van der Waals surface area contributed by atoms with Gasteiger partial charge in [-0.25, -0.2) is 10.2 Å². The van der Waals surface area contributed by atoms with Crippen LogP contribution in [0.1, 0.15) is 15.7 Å². The molecule has 2 aromatic rings. The third-order valence-electron chi connectivity index (χ3n) is 3.91. The second-order valence-electron chi connectivity index (χ2n) is 6.22. The number of hydrogen-bond donors (Lipinski definition) is 2. The Balaban J connectivity index is 1.47. The summed E-state index contributed by atoms with van der Waals surface area (Å²) >= 11 is 16.0. The van der Waals surface area contributed by atoms with Crippen molar-refractivity contribution in [1.82, 2.24) is 5.43 Å². The SMILES string of the molecule is O=C(O)COc1c(Cl)cc(/C=N\NC(=O)COc2ccc(C3SCCS3)cc2)cc1Cl. The minimum Gasteiger partial charge on any atom is -0.484 e. The molecule has 0 saturated carbocycles. The van der Waals surface area contributed by atoms with Gasteiger partial charge >= 0.3 is 5.97 Å². The first-order chi connectivity index (χ1) is 14.9. The second-order valence-corrected chi connectivity index (χ2v) is 9.76. The topological polar surface area (TPSA) is 97.2 Å². The van der Waals surface area contributed by atoms with Crippen LogP contribution in [0.5, 0.6) is 11.5 Å². The van der Waals surface area contributed by atoms with Crippen LogP contribution >= 0.6 is 46.7 Å². The number of amides is 1. The highest BCUT2D eigenvalue weighted by Gasteiger charge is 2.18. The summed E-state index contributed by atoms with van der Waals surface area (Å²) in [7, 11) is 0. The van der Waals surface area contributed by atoms with E-state index in [1.807, 2.05) is 47.8 Å². The minimum atomic E-state index is -1.15. The van der Waals surface area contributed by atoms with Gasteiger partial charge in [0.2, 0.25) is 0 Å². The molecule has 0 aromatic heterocycles. The van der Waals surface area contributed by atoms with Gasteiger partial charge in [0.1, 0.15) is 5.75 Å². The molecule has 1 fully saturated rings. The average molecular weight is 501 g/mol. The number of nitrogens with zero attached hydrogens (tertiary/aromatic N) is 1. The highest BCUT2D eigenvalue weighted by Crippen LogP contribution is 2.45. The van der Waals surface area contributed by atoms with Crippen LogP contribution in [-0.2, 0) is 9.59 Å². The molecule has 0 radical (unpaired) electrons. The zero-order chi connectivity index (χ0) is 22.2. The molecular weight excluding hydrogens is 483 g/mol. The molecule has 0 spiro atoms. The molecular formula is C20H18Cl2N2O5S2. The molecule has 11 heteroatoms. The van der Waals surface area contributed by atoms with Crippen molar-refractivity contribution >= 4 is 64.8 Å². The van der Waals surface area contributed by atoms with Gasteiger partial charge in [0.05, 0.1) is 20.8 Å². The van der Waals surface area contributed by atoms with Crippen LogP contribution in [0.15, 0.2) is 41.5 Å². The zero-order valence-corrected chi connectivity index (χ0v) is 19.2. The predicted molar refractivity (Wildman–Crippen MR) is 125 cm³/mol. The van der Waals surface area contributed by atoms with Crippen LogP contribution in [0.4, 0.5) is 0 Å². The summed E-state index contributed by atoms with van der Waals surface area (Å²) < 4.78 is 11.0. The Labute approximate surface area is 197 Å². The fraction of sp³-hybridized carbons (Fsp3) is 0.250. The maximum Gasteiger partial charge on any atom is 0.341 e. The van der Waals surface area contributed by atoms with Crippen molar-refractivity contribution in [3.05, 3.63) is 57.6 Å². The molecule has 0 aliphatic carbocycles. The summed E-state index contributed by atoms with van der Waals surface area (Å²) in [6, 6.07) is 10.7. The van der Waals surface area contributed by atoms with E-state index in [-0.39, 0.29) is 22.4 Å². The smallest absolute Gasteiger partial charge is 0.341 e. The monoisotopic (exact) mass is 500 g/mol. The van der Waals surface area contributed by atoms with Crippen LogP contribution in [0.3, 0.4) is 0 Å². The van der Waals surface area contributed by atoms with Gasteiger partial charge in [-0.05, 0) is 35.4 Å². The molecule has 0 bridgehead atoms. The minimum absolute atomic E-state index is 0.0662. The van der Waals surface area contributed by atoms with Gasteiger partial charge in [0.25, 0.3) is 5.91 Å². The molecule has 31 heavy (non-hydrogen) atoms. The second kappa shape index (κ2) is 11.5. The number of thioether (sulfide) groups is 2. The molecule has 1 heterocycles. The molecule has 1 amide bonds. The third kappa shape index (κ3) is 7.24. The van der Waals surface area contributed by atoms with Gasteiger partial charge < -0.3 is 14.6 Å². The highest BCUT2D eigenvalue weighted by atomic mass is 35.5. The number of carboxylic acids is 1. The number of benzene rings is 2. The van der Waals surface area contributed by atoms with E-state index in [2.05, 4.69) is 10.5 Å². The number of hydrazone groups is 1. The summed E-state index contributed by atoms with van der Waals surface area (Å²) in [5.74, 6) is 1.42. The number of rotatable bonds is 9. The van der Waals surface area contributed by atoms with Gasteiger partial charge in [-0.1, -0.05) is 35.3 Å². The molecule has 7 nitrogen and oxygen atoms in total. The van der Waals surface area contributed by atoms with Gasteiger partial charge in [-0.2, -0.15) is 5.10 Å². The van der Waals surface area contributed by atoms with Crippen molar-refractivity contribution in [2.75, 3.05) is 24.7 Å². The molecule has 1 aliphatic heterocycles. The number of ether oxygens (including phenoxy) is 2. The van der Waals surface area contributed by atoms with Crippen LogP contribution in [0.2, 0.25) is 10.0 Å². The largest absolute Gasteiger partial charge is 0.484 e. The van der Waals surface area contributed by atoms with E-state index in [1.165, 1.54) is 23.9 Å². The van der Waals surface area contributed by atoms with Gasteiger partial charge in [-0.15, -0.1) is 23.5 Å². The average Bonchev–Trinajstić information content (AvgIpc) is 3.27. The Kier molecular flexibility index (Phi) is 8.77. The van der Waals surface area contributed by atoms with Crippen molar-refractivity contribution in [3.63, 3.8) is 0 Å². The van der Waals surface area contributed by atoms with Gasteiger partial charge in [0, 0.05) is 11.5 Å². The molecule has 1 saturated heterocycles. The van der Waals surface area contributed by atoms with Crippen LogP contribution < -0.4 is 14.9 Å². The van der Waals surface area contributed by atoms with Gasteiger partial charge in [0.15, 0.2) is 19.0 Å². The summed E-state index contributed by atoms with van der Waals surface area (Å²) in [4.78, 5) is 22.5. The molecule has 0 unspecified atom stereocenters. The van der Waals surface area contributed by atoms with Crippen molar-refractivity contribution in [3.8, 4) is 11.5 Å². The lowest BCUT2D eigenvalue weighted by atomic mass is 10.2.